The maximum absolute atomic E-state index is 2.54. The second-order valence-corrected chi connectivity index (χ2v) is 13.6. The Morgan fingerprint density at radius 3 is 1.98 bits per heavy atom. The lowest BCUT2D eigenvalue weighted by Gasteiger charge is -2.34. The molecule has 0 aliphatic heterocycles. The molecule has 0 saturated carbocycles. The summed E-state index contributed by atoms with van der Waals surface area (Å²) in [6, 6.07) is 57.0. The molecule has 0 unspecified atom stereocenters. The molecule has 0 fully saturated rings. The van der Waals surface area contributed by atoms with Gasteiger partial charge in [0.1, 0.15) is 0 Å². The summed E-state index contributed by atoms with van der Waals surface area (Å²) in [6.07, 6.45) is 6.96. The highest BCUT2D eigenvalue weighted by Crippen LogP contribution is 2.55. The maximum Gasteiger partial charge on any atom is 0.243 e. The van der Waals surface area contributed by atoms with E-state index in [4.69, 9.17) is 0 Å². The van der Waals surface area contributed by atoms with E-state index in [9.17, 15) is 0 Å². The first-order valence-corrected chi connectivity index (χ1v) is 17.3. The van der Waals surface area contributed by atoms with Gasteiger partial charge < -0.3 is 0 Å². The van der Waals surface area contributed by atoms with Gasteiger partial charge in [-0.2, -0.15) is 0 Å². The van der Waals surface area contributed by atoms with Gasteiger partial charge >= 0.3 is 0 Å². The van der Waals surface area contributed by atoms with Gasteiger partial charge in [-0.1, -0.05) is 191 Å². The Bertz CT molecular complexity index is 2320. The summed E-state index contributed by atoms with van der Waals surface area (Å²) in [5.41, 5.74) is 17.3. The summed E-state index contributed by atoms with van der Waals surface area (Å²) in [5, 5.41) is 2.63. The van der Waals surface area contributed by atoms with Crippen LogP contribution in [0.4, 0.5) is 0 Å². The zero-order chi connectivity index (χ0) is 32.2. The third kappa shape index (κ3) is 4.24. The van der Waals surface area contributed by atoms with Crippen molar-refractivity contribution in [1.82, 2.24) is 0 Å². The average Bonchev–Trinajstić information content (AvgIpc) is 3.44. The van der Waals surface area contributed by atoms with Crippen molar-refractivity contribution in [2.24, 2.45) is 0 Å². The second kappa shape index (κ2) is 11.4. The molecule has 0 aromatic heterocycles. The molecule has 1 heteroatoms. The molecule has 228 valence electrons. The molecule has 2 aliphatic carbocycles. The first-order chi connectivity index (χ1) is 23.7. The van der Waals surface area contributed by atoms with Crippen LogP contribution in [0.25, 0.3) is 28.0 Å². The molecular weight excluding hydrogens is 575 g/mol. The first kappa shape index (κ1) is 28.8. The smallest absolute Gasteiger partial charge is 0.0836 e. The summed E-state index contributed by atoms with van der Waals surface area (Å²) >= 11 is 0. The van der Waals surface area contributed by atoms with E-state index in [2.05, 4.69) is 178 Å². The standard InChI is InChI=1S/C47H37B/c1-32-25-27-34-15-9-11-21-39(34)45(32)48(46-33(2)26-28-35-16-10-12-22-40(35)46)38-29-30-44-42(31-38)41-23-13-14-24-43(41)47(44,36-17-5-3-6-18-36)37-19-7-4-8-20-37/h3-9,11-15,17-31H,10,16H2,1-2H3. The van der Waals surface area contributed by atoms with Crippen LogP contribution < -0.4 is 16.4 Å². The van der Waals surface area contributed by atoms with Gasteiger partial charge in [-0.25, -0.2) is 0 Å². The van der Waals surface area contributed by atoms with Crippen molar-refractivity contribution in [3.8, 4) is 11.1 Å². The third-order valence-corrected chi connectivity index (χ3v) is 11.0. The van der Waals surface area contributed by atoms with Crippen molar-refractivity contribution in [3.05, 3.63) is 202 Å². The van der Waals surface area contributed by atoms with Crippen molar-refractivity contribution in [3.63, 3.8) is 0 Å². The maximum atomic E-state index is 2.54. The van der Waals surface area contributed by atoms with Crippen LogP contribution in [0.15, 0.2) is 158 Å². The lowest BCUT2D eigenvalue weighted by Crippen LogP contribution is -2.55. The van der Waals surface area contributed by atoms with Gasteiger partial charge in [0.15, 0.2) is 0 Å². The van der Waals surface area contributed by atoms with E-state index in [-0.39, 0.29) is 6.71 Å². The molecule has 2 aliphatic rings. The number of aryl methyl sites for hydroxylation is 3. The topological polar surface area (TPSA) is 0 Å². The Balaban J connectivity index is 1.38. The van der Waals surface area contributed by atoms with Crippen molar-refractivity contribution in [1.29, 1.82) is 0 Å². The molecule has 0 nitrogen and oxygen atoms in total. The normalized spacial score (nSPS) is 14.0. The fourth-order valence-corrected chi connectivity index (χ4v) is 8.94. The minimum atomic E-state index is -0.400. The molecule has 0 amide bonds. The Morgan fingerprint density at radius 2 is 1.19 bits per heavy atom. The van der Waals surface area contributed by atoms with Crippen molar-refractivity contribution >= 4 is 39.9 Å². The van der Waals surface area contributed by atoms with Crippen molar-refractivity contribution < 1.29 is 0 Å². The molecule has 0 N–H and O–H groups in total. The van der Waals surface area contributed by atoms with Crippen molar-refractivity contribution in [2.75, 3.05) is 0 Å². The molecule has 0 spiro atoms. The molecule has 0 saturated heterocycles. The predicted octanol–water partition coefficient (Wildman–Crippen LogP) is 9.30. The van der Waals surface area contributed by atoms with Crippen LogP contribution in [0.5, 0.6) is 0 Å². The van der Waals surface area contributed by atoms with Crippen LogP contribution >= 0.6 is 0 Å². The fraction of sp³-hybridized carbons (Fsp3) is 0.106. The molecular formula is C47H37B. The van der Waals surface area contributed by atoms with Crippen LogP contribution in [0, 0.1) is 13.8 Å². The Labute approximate surface area is 284 Å². The van der Waals surface area contributed by atoms with Crippen LogP contribution in [-0.4, -0.2) is 6.71 Å². The molecule has 0 radical (unpaired) electrons. The largest absolute Gasteiger partial charge is 0.243 e. The number of hydrogen-bond donors (Lipinski definition) is 0. The quantitative estimate of drug-likeness (QED) is 0.170. The van der Waals surface area contributed by atoms with Crippen LogP contribution in [0.3, 0.4) is 0 Å². The van der Waals surface area contributed by atoms with E-state index in [1.807, 2.05) is 0 Å². The van der Waals surface area contributed by atoms with Gasteiger partial charge in [0, 0.05) is 0 Å². The Kier molecular flexibility index (Phi) is 6.83. The van der Waals surface area contributed by atoms with Crippen LogP contribution in [0.1, 0.15) is 50.9 Å². The van der Waals surface area contributed by atoms with Gasteiger partial charge in [0.2, 0.25) is 6.71 Å². The predicted molar refractivity (Wildman–Crippen MR) is 206 cm³/mol. The highest BCUT2D eigenvalue weighted by atomic mass is 14.5. The summed E-state index contributed by atoms with van der Waals surface area (Å²) < 4.78 is 0. The number of rotatable bonds is 5. The molecule has 9 rings (SSSR count). The number of allylic oxidation sites excluding steroid dienone is 1. The number of hydrogen-bond acceptors (Lipinski definition) is 0. The minimum absolute atomic E-state index is 0.0784. The van der Waals surface area contributed by atoms with Crippen molar-refractivity contribution in [2.45, 2.75) is 32.1 Å². The van der Waals surface area contributed by atoms with Gasteiger partial charge in [0.25, 0.3) is 0 Å². The Morgan fingerprint density at radius 1 is 0.542 bits per heavy atom. The van der Waals surface area contributed by atoms with E-state index in [0.29, 0.717) is 0 Å². The highest BCUT2D eigenvalue weighted by molar-refractivity contribution is 6.98. The molecule has 7 aromatic carbocycles. The summed E-state index contributed by atoms with van der Waals surface area (Å²) in [6.45, 7) is 4.69. The van der Waals surface area contributed by atoms with E-state index in [1.165, 1.54) is 82.8 Å². The second-order valence-electron chi connectivity index (χ2n) is 13.6. The number of benzene rings is 7. The minimum Gasteiger partial charge on any atom is -0.0836 e. The fourth-order valence-electron chi connectivity index (χ4n) is 8.94. The monoisotopic (exact) mass is 612 g/mol. The highest BCUT2D eigenvalue weighted by Gasteiger charge is 2.46. The summed E-state index contributed by atoms with van der Waals surface area (Å²) in [7, 11) is 0. The SMILES string of the molecule is Cc1ccc2c(c1B(c1ccc3c(c1)-c1ccccc1C3(c1ccccc1)c1ccccc1)c1c(C)ccc3ccccc13)C=CCC2. The zero-order valence-corrected chi connectivity index (χ0v) is 27.6. The molecule has 48 heavy (non-hydrogen) atoms. The molecule has 7 aromatic rings. The van der Waals surface area contributed by atoms with E-state index in [0.717, 1.165) is 12.8 Å². The van der Waals surface area contributed by atoms with Crippen LogP contribution in [-0.2, 0) is 11.8 Å². The van der Waals surface area contributed by atoms with Gasteiger partial charge in [-0.05, 0) is 82.0 Å². The van der Waals surface area contributed by atoms with Crippen LogP contribution in [0.2, 0.25) is 0 Å². The lowest BCUT2D eigenvalue weighted by atomic mass is 9.34. The summed E-state index contributed by atoms with van der Waals surface area (Å²) in [4.78, 5) is 0. The van der Waals surface area contributed by atoms with Gasteiger partial charge in [-0.15, -0.1) is 0 Å². The van der Waals surface area contributed by atoms with E-state index >= 15 is 0 Å². The molecule has 0 atom stereocenters. The zero-order valence-electron chi connectivity index (χ0n) is 27.6. The molecule has 0 heterocycles. The lowest BCUT2D eigenvalue weighted by molar-refractivity contribution is 0.768. The van der Waals surface area contributed by atoms with E-state index in [1.54, 1.807) is 0 Å². The van der Waals surface area contributed by atoms with Gasteiger partial charge in [-0.3, -0.25) is 0 Å². The van der Waals surface area contributed by atoms with Gasteiger partial charge in [0.05, 0.1) is 5.41 Å². The average molecular weight is 613 g/mol. The first-order valence-electron chi connectivity index (χ1n) is 17.3. The summed E-state index contributed by atoms with van der Waals surface area (Å²) in [5.74, 6) is 0. The third-order valence-electron chi connectivity index (χ3n) is 11.0. The number of fused-ring (bicyclic) bond motifs is 5. The molecule has 0 bridgehead atoms. The van der Waals surface area contributed by atoms with E-state index < -0.39 is 5.41 Å². The Hall–Kier alpha value is -5.40.